The number of carbonyl (C=O) groups is 1. The van der Waals surface area contributed by atoms with E-state index in [1.54, 1.807) is 0 Å². The second-order valence-electron chi connectivity index (χ2n) is 8.19. The quantitative estimate of drug-likeness (QED) is 0.460. The lowest BCUT2D eigenvalue weighted by Gasteiger charge is -2.12. The summed E-state index contributed by atoms with van der Waals surface area (Å²) >= 11 is 0. The number of para-hydroxylation sites is 1. The monoisotopic (exact) mass is 408 g/mol. The van der Waals surface area contributed by atoms with Gasteiger partial charge < -0.3 is 10.5 Å². The minimum atomic E-state index is -0.176. The number of ether oxygens (including phenoxy) is 1. The Hall–Kier alpha value is -3.66. The van der Waals surface area contributed by atoms with Crippen LogP contribution in [-0.2, 0) is 17.8 Å². The zero-order valence-corrected chi connectivity index (χ0v) is 17.2. The Morgan fingerprint density at radius 1 is 0.968 bits per heavy atom. The number of rotatable bonds is 7. The van der Waals surface area contributed by atoms with Crippen LogP contribution < -0.4 is 10.5 Å². The Labute approximate surface area is 181 Å². The van der Waals surface area contributed by atoms with Gasteiger partial charge in [0.15, 0.2) is 0 Å². The topological polar surface area (TPSA) is 65.2 Å². The van der Waals surface area contributed by atoms with Gasteiger partial charge in [0, 0.05) is 22.4 Å². The van der Waals surface area contributed by atoms with Gasteiger partial charge in [-0.2, -0.15) is 0 Å². The van der Waals surface area contributed by atoms with E-state index in [0.717, 1.165) is 46.3 Å². The van der Waals surface area contributed by atoms with Gasteiger partial charge in [-0.05, 0) is 48.6 Å². The SMILES string of the molecule is NC(=O)C1CC1Cc1ccc(OCc2cc(-c3ccccc3)nc3ccccc23)cc1. The predicted octanol–water partition coefficient (Wildman–Crippen LogP) is 5.14. The molecule has 0 bridgehead atoms. The molecule has 2 N–H and O–H groups in total. The number of nitrogens with two attached hydrogens (primary N) is 1. The first kappa shape index (κ1) is 19.3. The van der Waals surface area contributed by atoms with E-state index >= 15 is 0 Å². The lowest BCUT2D eigenvalue weighted by atomic mass is 10.0. The molecule has 154 valence electrons. The molecule has 1 aliphatic carbocycles. The number of aromatic nitrogens is 1. The first-order valence-corrected chi connectivity index (χ1v) is 10.6. The molecule has 0 spiro atoms. The number of carbonyl (C=O) groups excluding carboxylic acids is 1. The van der Waals surface area contributed by atoms with Crippen molar-refractivity contribution in [2.75, 3.05) is 0 Å². The number of benzene rings is 3. The lowest BCUT2D eigenvalue weighted by Crippen LogP contribution is -2.14. The summed E-state index contributed by atoms with van der Waals surface area (Å²) in [6.45, 7) is 0.467. The van der Waals surface area contributed by atoms with Gasteiger partial charge in [-0.15, -0.1) is 0 Å². The van der Waals surface area contributed by atoms with E-state index in [0.29, 0.717) is 12.5 Å². The predicted molar refractivity (Wildman–Crippen MR) is 122 cm³/mol. The van der Waals surface area contributed by atoms with Crippen LogP contribution in [0.25, 0.3) is 22.2 Å². The third-order valence-electron chi connectivity index (χ3n) is 5.98. The molecule has 0 saturated heterocycles. The van der Waals surface area contributed by atoms with Crippen LogP contribution in [0.5, 0.6) is 5.75 Å². The van der Waals surface area contributed by atoms with E-state index in [-0.39, 0.29) is 11.8 Å². The minimum absolute atomic E-state index is 0.0507. The Morgan fingerprint density at radius 3 is 2.45 bits per heavy atom. The molecule has 5 rings (SSSR count). The average molecular weight is 409 g/mol. The van der Waals surface area contributed by atoms with Crippen LogP contribution in [0.15, 0.2) is 84.9 Å². The highest BCUT2D eigenvalue weighted by molar-refractivity contribution is 5.85. The van der Waals surface area contributed by atoms with E-state index in [1.807, 2.05) is 48.5 Å². The standard InChI is InChI=1S/C27H24N2O2/c28-27(30)24-15-20(24)14-18-10-12-22(13-11-18)31-17-21-16-26(19-6-2-1-3-7-19)29-25-9-5-4-8-23(21)25/h1-13,16,20,24H,14-15,17H2,(H2,28,30). The molecule has 3 aromatic carbocycles. The van der Waals surface area contributed by atoms with Gasteiger partial charge in [0.2, 0.25) is 5.91 Å². The van der Waals surface area contributed by atoms with E-state index in [4.69, 9.17) is 15.5 Å². The molecular weight excluding hydrogens is 384 g/mol. The highest BCUT2D eigenvalue weighted by atomic mass is 16.5. The number of fused-ring (bicyclic) bond motifs is 1. The van der Waals surface area contributed by atoms with Crippen LogP contribution >= 0.6 is 0 Å². The van der Waals surface area contributed by atoms with Gasteiger partial charge in [-0.3, -0.25) is 4.79 Å². The van der Waals surface area contributed by atoms with Crippen LogP contribution in [-0.4, -0.2) is 10.9 Å². The van der Waals surface area contributed by atoms with Crippen molar-refractivity contribution < 1.29 is 9.53 Å². The molecule has 1 fully saturated rings. The summed E-state index contributed by atoms with van der Waals surface area (Å²) in [5.74, 6) is 1.09. The molecule has 31 heavy (non-hydrogen) atoms. The zero-order chi connectivity index (χ0) is 21.2. The number of nitrogens with zero attached hydrogens (tertiary/aromatic N) is 1. The molecule has 4 aromatic rings. The van der Waals surface area contributed by atoms with Crippen molar-refractivity contribution >= 4 is 16.8 Å². The summed E-state index contributed by atoms with van der Waals surface area (Å²) in [6, 6.07) is 28.6. The molecule has 0 aliphatic heterocycles. The third-order valence-corrected chi connectivity index (χ3v) is 5.98. The molecule has 1 heterocycles. The van der Waals surface area contributed by atoms with Crippen LogP contribution in [0, 0.1) is 11.8 Å². The van der Waals surface area contributed by atoms with Crippen molar-refractivity contribution in [3.8, 4) is 17.0 Å². The highest BCUT2D eigenvalue weighted by Gasteiger charge is 2.41. The number of amides is 1. The first-order valence-electron chi connectivity index (χ1n) is 10.6. The number of hydrogen-bond acceptors (Lipinski definition) is 3. The molecule has 4 nitrogen and oxygen atoms in total. The Bertz CT molecular complexity index is 1220. The molecule has 2 atom stereocenters. The first-order chi connectivity index (χ1) is 15.2. The smallest absolute Gasteiger partial charge is 0.220 e. The van der Waals surface area contributed by atoms with E-state index in [1.165, 1.54) is 5.56 Å². The van der Waals surface area contributed by atoms with Crippen LogP contribution in [0.4, 0.5) is 0 Å². The fraction of sp³-hybridized carbons (Fsp3) is 0.185. The molecular formula is C27H24N2O2. The second kappa shape index (κ2) is 8.23. The van der Waals surface area contributed by atoms with Crippen molar-refractivity contribution in [2.24, 2.45) is 17.6 Å². The third kappa shape index (κ3) is 4.29. The van der Waals surface area contributed by atoms with Crippen LogP contribution in [0.1, 0.15) is 17.5 Å². The Balaban J connectivity index is 1.33. The number of primary amides is 1. The second-order valence-corrected chi connectivity index (χ2v) is 8.19. The number of pyridine rings is 1. The summed E-state index contributed by atoms with van der Waals surface area (Å²) in [4.78, 5) is 16.1. The van der Waals surface area contributed by atoms with Gasteiger partial charge in [0.25, 0.3) is 0 Å². The molecule has 4 heteroatoms. The summed E-state index contributed by atoms with van der Waals surface area (Å²) in [6.07, 6.45) is 1.80. The molecule has 1 aliphatic rings. The summed E-state index contributed by atoms with van der Waals surface area (Å²) < 4.78 is 6.12. The Morgan fingerprint density at radius 2 is 1.71 bits per heavy atom. The molecule has 2 unspecified atom stereocenters. The summed E-state index contributed by atoms with van der Waals surface area (Å²) in [5, 5.41) is 1.10. The largest absolute Gasteiger partial charge is 0.489 e. The van der Waals surface area contributed by atoms with Crippen molar-refractivity contribution in [1.82, 2.24) is 4.98 Å². The van der Waals surface area contributed by atoms with Gasteiger partial charge in [-0.25, -0.2) is 4.98 Å². The van der Waals surface area contributed by atoms with Gasteiger partial charge >= 0.3 is 0 Å². The van der Waals surface area contributed by atoms with E-state index in [2.05, 4.69) is 36.4 Å². The van der Waals surface area contributed by atoms with Gasteiger partial charge in [0.05, 0.1) is 11.2 Å². The average Bonchev–Trinajstić information content (AvgIpc) is 3.58. The molecule has 1 amide bonds. The fourth-order valence-corrected chi connectivity index (χ4v) is 4.13. The number of hydrogen-bond donors (Lipinski definition) is 1. The summed E-state index contributed by atoms with van der Waals surface area (Å²) in [7, 11) is 0. The maximum absolute atomic E-state index is 11.2. The van der Waals surface area contributed by atoms with Gasteiger partial charge in [0.1, 0.15) is 12.4 Å². The van der Waals surface area contributed by atoms with Gasteiger partial charge in [-0.1, -0.05) is 60.7 Å². The highest BCUT2D eigenvalue weighted by Crippen LogP contribution is 2.40. The molecule has 1 aromatic heterocycles. The van der Waals surface area contributed by atoms with E-state index < -0.39 is 0 Å². The Kier molecular flexibility index (Phi) is 5.13. The maximum atomic E-state index is 11.2. The minimum Gasteiger partial charge on any atom is -0.489 e. The van der Waals surface area contributed by atoms with Crippen molar-refractivity contribution in [1.29, 1.82) is 0 Å². The van der Waals surface area contributed by atoms with E-state index in [9.17, 15) is 4.79 Å². The molecule has 0 radical (unpaired) electrons. The lowest BCUT2D eigenvalue weighted by molar-refractivity contribution is -0.119. The molecule has 1 saturated carbocycles. The van der Waals surface area contributed by atoms with Crippen LogP contribution in [0.2, 0.25) is 0 Å². The van der Waals surface area contributed by atoms with Crippen molar-refractivity contribution in [2.45, 2.75) is 19.4 Å². The summed E-state index contributed by atoms with van der Waals surface area (Å²) in [5.41, 5.74) is 10.7. The van der Waals surface area contributed by atoms with Crippen LogP contribution in [0.3, 0.4) is 0 Å². The normalized spacial score (nSPS) is 17.4. The fourth-order valence-electron chi connectivity index (χ4n) is 4.13. The zero-order valence-electron chi connectivity index (χ0n) is 17.2. The van der Waals surface area contributed by atoms with Crippen molar-refractivity contribution in [3.63, 3.8) is 0 Å². The maximum Gasteiger partial charge on any atom is 0.220 e. The van der Waals surface area contributed by atoms with Crippen molar-refractivity contribution in [3.05, 3.63) is 96.1 Å².